The van der Waals surface area contributed by atoms with Gasteiger partial charge in [-0.15, -0.1) is 0 Å². The number of nitrogens with two attached hydrogens (primary N) is 1. The molecule has 0 saturated carbocycles. The summed E-state index contributed by atoms with van der Waals surface area (Å²) in [5, 5.41) is 0. The van der Waals surface area contributed by atoms with Gasteiger partial charge in [0.1, 0.15) is 5.82 Å². The minimum absolute atomic E-state index is 0.0334. The van der Waals surface area contributed by atoms with Crippen molar-refractivity contribution in [3.8, 4) is 0 Å². The molecule has 2 aromatic carbocycles. The number of nitrogens with zero attached hydrogens (tertiary/aromatic N) is 1. The van der Waals surface area contributed by atoms with Crippen LogP contribution in [-0.4, -0.2) is 17.4 Å². The Hall–Kier alpha value is -2.20. The van der Waals surface area contributed by atoms with Gasteiger partial charge in [0.25, 0.3) is 0 Å². The first-order chi connectivity index (χ1) is 11.1. The zero-order chi connectivity index (χ0) is 16.2. The van der Waals surface area contributed by atoms with Crippen molar-refractivity contribution in [2.45, 2.75) is 31.3 Å². The van der Waals surface area contributed by atoms with Gasteiger partial charge in [-0.3, -0.25) is 4.79 Å². The summed E-state index contributed by atoms with van der Waals surface area (Å²) in [6.45, 7) is 0.738. The summed E-state index contributed by atoms with van der Waals surface area (Å²) < 4.78 is 13.1. The van der Waals surface area contributed by atoms with Gasteiger partial charge in [0, 0.05) is 19.0 Å². The van der Waals surface area contributed by atoms with E-state index < -0.39 is 0 Å². The topological polar surface area (TPSA) is 46.3 Å². The fourth-order valence-electron chi connectivity index (χ4n) is 3.22. The molecule has 0 aliphatic carbocycles. The van der Waals surface area contributed by atoms with Gasteiger partial charge in [0.15, 0.2) is 0 Å². The zero-order valence-corrected chi connectivity index (χ0v) is 13.0. The van der Waals surface area contributed by atoms with E-state index in [1.807, 2.05) is 35.2 Å². The number of benzene rings is 2. The Labute approximate surface area is 135 Å². The minimum atomic E-state index is -0.293. The second-order valence-electron chi connectivity index (χ2n) is 6.02. The average Bonchev–Trinajstić information content (AvgIpc) is 3.06. The van der Waals surface area contributed by atoms with Crippen LogP contribution >= 0.6 is 0 Å². The number of carbonyl (C=O) groups is 1. The first-order valence-electron chi connectivity index (χ1n) is 8.00. The fraction of sp³-hybridized carbons (Fsp3) is 0.316. The lowest BCUT2D eigenvalue weighted by molar-refractivity contribution is -0.132. The van der Waals surface area contributed by atoms with Gasteiger partial charge >= 0.3 is 0 Å². The Morgan fingerprint density at radius 3 is 2.57 bits per heavy atom. The van der Waals surface area contributed by atoms with Crippen LogP contribution in [0.4, 0.5) is 4.39 Å². The third-order valence-electron chi connectivity index (χ3n) is 4.45. The molecule has 0 radical (unpaired) electrons. The molecule has 2 N–H and O–H groups in total. The van der Waals surface area contributed by atoms with Gasteiger partial charge in [0.2, 0.25) is 5.91 Å². The van der Waals surface area contributed by atoms with E-state index in [0.717, 1.165) is 30.5 Å². The smallest absolute Gasteiger partial charge is 0.224 e. The maximum atomic E-state index is 13.1. The first-order valence-corrected chi connectivity index (χ1v) is 8.00. The number of likely N-dealkylation sites (tertiary alicyclic amines) is 1. The molecule has 2 aromatic rings. The van der Waals surface area contributed by atoms with E-state index in [1.165, 1.54) is 12.1 Å². The van der Waals surface area contributed by atoms with Crippen molar-refractivity contribution in [3.63, 3.8) is 0 Å². The SMILES string of the molecule is N[C@@H](CC(=O)N1CCC[C@@H]1c1ccc(F)cc1)c1ccccc1. The molecule has 4 heteroatoms. The summed E-state index contributed by atoms with van der Waals surface area (Å²) in [6, 6.07) is 15.9. The Balaban J connectivity index is 1.69. The lowest BCUT2D eigenvalue weighted by Gasteiger charge is -2.26. The third kappa shape index (κ3) is 3.59. The van der Waals surface area contributed by atoms with Crippen molar-refractivity contribution in [2.75, 3.05) is 6.54 Å². The van der Waals surface area contributed by atoms with Gasteiger partial charge in [-0.2, -0.15) is 0 Å². The quantitative estimate of drug-likeness (QED) is 0.938. The summed E-state index contributed by atoms with van der Waals surface area (Å²) in [4.78, 5) is 14.5. The maximum Gasteiger partial charge on any atom is 0.224 e. The van der Waals surface area contributed by atoms with Gasteiger partial charge in [-0.05, 0) is 36.1 Å². The maximum absolute atomic E-state index is 13.1. The molecule has 0 bridgehead atoms. The number of hydrogen-bond donors (Lipinski definition) is 1. The highest BCUT2D eigenvalue weighted by Crippen LogP contribution is 2.33. The van der Waals surface area contributed by atoms with E-state index in [1.54, 1.807) is 12.1 Å². The molecule has 0 aromatic heterocycles. The number of carbonyl (C=O) groups excluding carboxylic acids is 1. The van der Waals surface area contributed by atoms with Crippen molar-refractivity contribution in [2.24, 2.45) is 5.73 Å². The van der Waals surface area contributed by atoms with Crippen LogP contribution in [0.1, 0.15) is 42.5 Å². The molecule has 3 rings (SSSR count). The predicted octanol–water partition coefficient (Wildman–Crippen LogP) is 3.58. The van der Waals surface area contributed by atoms with Crippen LogP contribution < -0.4 is 5.73 Å². The molecule has 0 unspecified atom stereocenters. The molecule has 1 heterocycles. The van der Waals surface area contributed by atoms with Crippen molar-refractivity contribution in [1.29, 1.82) is 0 Å². The van der Waals surface area contributed by atoms with Crippen LogP contribution in [0, 0.1) is 5.82 Å². The van der Waals surface area contributed by atoms with Gasteiger partial charge in [-0.25, -0.2) is 4.39 Å². The molecule has 1 fully saturated rings. The molecule has 120 valence electrons. The van der Waals surface area contributed by atoms with Crippen LogP contribution in [0.2, 0.25) is 0 Å². The number of hydrogen-bond acceptors (Lipinski definition) is 2. The summed E-state index contributed by atoms with van der Waals surface area (Å²) in [5.74, 6) is -0.191. The van der Waals surface area contributed by atoms with Crippen molar-refractivity contribution >= 4 is 5.91 Å². The molecule has 1 amide bonds. The van der Waals surface area contributed by atoms with Crippen molar-refractivity contribution in [3.05, 3.63) is 71.5 Å². The van der Waals surface area contributed by atoms with Crippen LogP contribution in [0.3, 0.4) is 0 Å². The van der Waals surface area contributed by atoms with Crippen LogP contribution in [0.5, 0.6) is 0 Å². The summed E-state index contributed by atoms with van der Waals surface area (Å²) in [5.41, 5.74) is 8.13. The van der Waals surface area contributed by atoms with E-state index in [-0.39, 0.29) is 23.8 Å². The lowest BCUT2D eigenvalue weighted by atomic mass is 10.0. The summed E-state index contributed by atoms with van der Waals surface area (Å²) in [7, 11) is 0. The highest BCUT2D eigenvalue weighted by atomic mass is 19.1. The highest BCUT2D eigenvalue weighted by molar-refractivity contribution is 5.78. The van der Waals surface area contributed by atoms with E-state index in [0.29, 0.717) is 6.42 Å². The number of halogens is 1. The Morgan fingerprint density at radius 2 is 1.87 bits per heavy atom. The van der Waals surface area contributed by atoms with Gasteiger partial charge < -0.3 is 10.6 Å². The van der Waals surface area contributed by atoms with Crippen LogP contribution in [0.15, 0.2) is 54.6 Å². The third-order valence-corrected chi connectivity index (χ3v) is 4.45. The molecule has 2 atom stereocenters. The van der Waals surface area contributed by atoms with Crippen molar-refractivity contribution < 1.29 is 9.18 Å². The molecule has 1 aliphatic heterocycles. The molecule has 0 spiro atoms. The fourth-order valence-corrected chi connectivity index (χ4v) is 3.22. The molecular weight excluding hydrogens is 291 g/mol. The van der Waals surface area contributed by atoms with E-state index in [2.05, 4.69) is 0 Å². The average molecular weight is 312 g/mol. The molecular formula is C19H21FN2O. The standard InChI is InChI=1S/C19H21FN2O/c20-16-10-8-15(9-11-16)18-7-4-12-22(18)19(23)13-17(21)14-5-2-1-3-6-14/h1-3,5-6,8-11,17-18H,4,7,12-13,21H2/t17-,18+/m0/s1. The highest BCUT2D eigenvalue weighted by Gasteiger charge is 2.30. The molecule has 3 nitrogen and oxygen atoms in total. The van der Waals surface area contributed by atoms with E-state index >= 15 is 0 Å². The normalized spacial score (nSPS) is 18.9. The summed E-state index contributed by atoms with van der Waals surface area (Å²) in [6.07, 6.45) is 2.17. The Bertz CT molecular complexity index is 657. The predicted molar refractivity (Wildman–Crippen MR) is 88.1 cm³/mol. The van der Waals surface area contributed by atoms with Gasteiger partial charge in [-0.1, -0.05) is 42.5 Å². The molecule has 23 heavy (non-hydrogen) atoms. The minimum Gasteiger partial charge on any atom is -0.336 e. The van der Waals surface area contributed by atoms with Crippen molar-refractivity contribution in [1.82, 2.24) is 4.90 Å². The Morgan fingerprint density at radius 1 is 1.17 bits per heavy atom. The van der Waals surface area contributed by atoms with Crippen LogP contribution in [0.25, 0.3) is 0 Å². The van der Waals surface area contributed by atoms with Crippen LogP contribution in [-0.2, 0) is 4.79 Å². The molecule has 1 saturated heterocycles. The second kappa shape index (κ2) is 6.92. The number of rotatable bonds is 4. The second-order valence-corrected chi connectivity index (χ2v) is 6.02. The lowest BCUT2D eigenvalue weighted by Crippen LogP contribution is -2.33. The van der Waals surface area contributed by atoms with E-state index in [9.17, 15) is 9.18 Å². The zero-order valence-electron chi connectivity index (χ0n) is 13.0. The number of amides is 1. The van der Waals surface area contributed by atoms with Gasteiger partial charge in [0.05, 0.1) is 6.04 Å². The van der Waals surface area contributed by atoms with E-state index in [4.69, 9.17) is 5.73 Å². The summed E-state index contributed by atoms with van der Waals surface area (Å²) >= 11 is 0. The monoisotopic (exact) mass is 312 g/mol. The largest absolute Gasteiger partial charge is 0.336 e. The molecule has 1 aliphatic rings. The first kappa shape index (κ1) is 15.7. The Kier molecular flexibility index (Phi) is 4.72.